The SMILES string of the molecule is COc1ccc(C(Cl)c2cc(Br)sc2Br)c(OC)c1. The Balaban J connectivity index is 2.43. The largest absolute Gasteiger partial charge is 0.497 e. The fourth-order valence-electron chi connectivity index (χ4n) is 1.72. The van der Waals surface area contributed by atoms with E-state index >= 15 is 0 Å². The summed E-state index contributed by atoms with van der Waals surface area (Å²) in [5.41, 5.74) is 1.93. The zero-order valence-electron chi connectivity index (χ0n) is 10.2. The number of hydrogen-bond donors (Lipinski definition) is 0. The van der Waals surface area contributed by atoms with E-state index in [1.807, 2.05) is 24.3 Å². The van der Waals surface area contributed by atoms with Gasteiger partial charge in [-0.05, 0) is 50.1 Å². The van der Waals surface area contributed by atoms with Gasteiger partial charge < -0.3 is 9.47 Å². The van der Waals surface area contributed by atoms with Crippen molar-refractivity contribution in [2.45, 2.75) is 5.38 Å². The normalized spacial score (nSPS) is 12.3. The van der Waals surface area contributed by atoms with Crippen molar-refractivity contribution in [1.82, 2.24) is 0 Å². The van der Waals surface area contributed by atoms with Crippen molar-refractivity contribution in [3.8, 4) is 11.5 Å². The lowest BCUT2D eigenvalue weighted by Gasteiger charge is -2.14. The molecule has 0 amide bonds. The lowest BCUT2D eigenvalue weighted by Crippen LogP contribution is -1.97. The van der Waals surface area contributed by atoms with E-state index in [-0.39, 0.29) is 5.38 Å². The van der Waals surface area contributed by atoms with Crippen molar-refractivity contribution in [3.05, 3.63) is 43.0 Å². The van der Waals surface area contributed by atoms with Crippen LogP contribution in [0.2, 0.25) is 0 Å². The maximum atomic E-state index is 6.56. The first-order valence-electron chi connectivity index (χ1n) is 5.37. The van der Waals surface area contributed by atoms with Gasteiger partial charge in [-0.1, -0.05) is 0 Å². The minimum atomic E-state index is -0.280. The molecule has 1 atom stereocenters. The van der Waals surface area contributed by atoms with E-state index in [1.165, 1.54) is 0 Å². The molecule has 2 rings (SSSR count). The molecule has 0 spiro atoms. The van der Waals surface area contributed by atoms with Gasteiger partial charge in [0.15, 0.2) is 0 Å². The van der Waals surface area contributed by atoms with Crippen LogP contribution in [0, 0.1) is 0 Å². The Morgan fingerprint density at radius 2 is 1.84 bits per heavy atom. The lowest BCUT2D eigenvalue weighted by atomic mass is 10.1. The van der Waals surface area contributed by atoms with Gasteiger partial charge >= 0.3 is 0 Å². The summed E-state index contributed by atoms with van der Waals surface area (Å²) in [4.78, 5) is 0. The molecule has 1 unspecified atom stereocenters. The Kier molecular flexibility index (Phi) is 5.17. The molecule has 1 aromatic heterocycles. The number of ether oxygens (including phenoxy) is 2. The third-order valence-electron chi connectivity index (χ3n) is 2.67. The Bertz CT molecular complexity index is 586. The van der Waals surface area contributed by atoms with Crippen LogP contribution in [0.5, 0.6) is 11.5 Å². The molecule has 0 radical (unpaired) electrons. The van der Waals surface area contributed by atoms with Gasteiger partial charge in [-0.25, -0.2) is 0 Å². The van der Waals surface area contributed by atoms with Gasteiger partial charge in [0, 0.05) is 17.2 Å². The first-order valence-corrected chi connectivity index (χ1v) is 8.21. The van der Waals surface area contributed by atoms with Gasteiger partial charge in [-0.15, -0.1) is 22.9 Å². The Morgan fingerprint density at radius 1 is 1.11 bits per heavy atom. The Hall–Kier alpha value is -0.230. The number of alkyl halides is 1. The first kappa shape index (κ1) is 15.2. The zero-order valence-corrected chi connectivity index (χ0v) is 15.0. The second-order valence-corrected chi connectivity index (χ2v) is 7.94. The number of methoxy groups -OCH3 is 2. The summed E-state index contributed by atoms with van der Waals surface area (Å²) >= 11 is 15.2. The van der Waals surface area contributed by atoms with Crippen LogP contribution in [-0.4, -0.2) is 14.2 Å². The topological polar surface area (TPSA) is 18.5 Å². The van der Waals surface area contributed by atoms with Crippen molar-refractivity contribution in [2.24, 2.45) is 0 Å². The molecule has 0 aliphatic rings. The standard InChI is InChI=1S/C13H11Br2ClO2S/c1-17-7-3-4-8(10(5-7)18-2)12(16)9-6-11(14)19-13(9)15/h3-6,12H,1-2H3. The van der Waals surface area contributed by atoms with Crippen LogP contribution in [0.4, 0.5) is 0 Å². The average Bonchev–Trinajstić information content (AvgIpc) is 2.76. The van der Waals surface area contributed by atoms with E-state index in [1.54, 1.807) is 25.6 Å². The van der Waals surface area contributed by atoms with E-state index in [2.05, 4.69) is 31.9 Å². The maximum Gasteiger partial charge on any atom is 0.127 e. The molecule has 1 heterocycles. The fraction of sp³-hybridized carbons (Fsp3) is 0.231. The second kappa shape index (κ2) is 6.48. The molecule has 0 aliphatic carbocycles. The monoisotopic (exact) mass is 424 g/mol. The van der Waals surface area contributed by atoms with Gasteiger partial charge in [-0.2, -0.15) is 0 Å². The third kappa shape index (κ3) is 3.27. The number of hydrogen-bond acceptors (Lipinski definition) is 3. The summed E-state index contributed by atoms with van der Waals surface area (Å²) < 4.78 is 12.6. The van der Waals surface area contributed by atoms with E-state index in [9.17, 15) is 0 Å². The number of rotatable bonds is 4. The molecule has 0 N–H and O–H groups in total. The molecular weight excluding hydrogens is 415 g/mol. The van der Waals surface area contributed by atoms with E-state index in [0.717, 1.165) is 24.4 Å². The van der Waals surface area contributed by atoms with E-state index in [0.29, 0.717) is 5.75 Å². The fourth-order valence-corrected chi connectivity index (χ4v) is 5.17. The van der Waals surface area contributed by atoms with Crippen LogP contribution in [0.25, 0.3) is 0 Å². The van der Waals surface area contributed by atoms with Gasteiger partial charge in [0.05, 0.1) is 27.2 Å². The average molecular weight is 427 g/mol. The summed E-state index contributed by atoms with van der Waals surface area (Å²) in [6.07, 6.45) is 0. The molecule has 0 fully saturated rings. The minimum Gasteiger partial charge on any atom is -0.497 e. The summed E-state index contributed by atoms with van der Waals surface area (Å²) in [6.45, 7) is 0. The van der Waals surface area contributed by atoms with E-state index in [4.69, 9.17) is 21.1 Å². The Labute approximate surface area is 137 Å². The smallest absolute Gasteiger partial charge is 0.127 e. The lowest BCUT2D eigenvalue weighted by molar-refractivity contribution is 0.391. The maximum absolute atomic E-state index is 6.56. The van der Waals surface area contributed by atoms with Crippen LogP contribution in [-0.2, 0) is 0 Å². The number of halogens is 3. The second-order valence-electron chi connectivity index (χ2n) is 3.75. The highest BCUT2D eigenvalue weighted by Crippen LogP contribution is 2.43. The summed E-state index contributed by atoms with van der Waals surface area (Å²) in [5.74, 6) is 1.46. The van der Waals surface area contributed by atoms with Crippen LogP contribution in [0.1, 0.15) is 16.5 Å². The van der Waals surface area contributed by atoms with Crippen LogP contribution < -0.4 is 9.47 Å². The van der Waals surface area contributed by atoms with Crippen molar-refractivity contribution in [2.75, 3.05) is 14.2 Å². The third-order valence-corrected chi connectivity index (χ3v) is 5.53. The van der Waals surface area contributed by atoms with Crippen LogP contribution in [0.3, 0.4) is 0 Å². The summed E-state index contributed by atoms with van der Waals surface area (Å²) in [7, 11) is 3.25. The molecule has 2 aromatic rings. The van der Waals surface area contributed by atoms with Gasteiger partial charge in [-0.3, -0.25) is 0 Å². The van der Waals surface area contributed by atoms with E-state index < -0.39 is 0 Å². The highest BCUT2D eigenvalue weighted by molar-refractivity contribution is 9.12. The van der Waals surface area contributed by atoms with Crippen molar-refractivity contribution >= 4 is 54.8 Å². The number of benzene rings is 1. The van der Waals surface area contributed by atoms with Crippen molar-refractivity contribution in [3.63, 3.8) is 0 Å². The molecule has 0 saturated heterocycles. The minimum absolute atomic E-state index is 0.280. The molecule has 2 nitrogen and oxygen atoms in total. The molecule has 19 heavy (non-hydrogen) atoms. The highest BCUT2D eigenvalue weighted by atomic mass is 79.9. The number of thiophene rings is 1. The molecular formula is C13H11Br2ClO2S. The molecule has 0 aliphatic heterocycles. The molecule has 0 saturated carbocycles. The summed E-state index contributed by atoms with van der Waals surface area (Å²) in [5, 5.41) is -0.280. The molecule has 6 heteroatoms. The summed E-state index contributed by atoms with van der Waals surface area (Å²) in [6, 6.07) is 7.64. The predicted octanol–water partition coefficient (Wildman–Crippen LogP) is 5.62. The molecule has 102 valence electrons. The molecule has 1 aromatic carbocycles. The highest BCUT2D eigenvalue weighted by Gasteiger charge is 2.20. The van der Waals surface area contributed by atoms with Crippen molar-refractivity contribution < 1.29 is 9.47 Å². The van der Waals surface area contributed by atoms with Crippen LogP contribution >= 0.6 is 54.8 Å². The van der Waals surface area contributed by atoms with Crippen LogP contribution in [0.15, 0.2) is 31.8 Å². The zero-order chi connectivity index (χ0) is 14.0. The molecule has 0 bridgehead atoms. The predicted molar refractivity (Wildman–Crippen MR) is 87.0 cm³/mol. The van der Waals surface area contributed by atoms with Gasteiger partial charge in [0.1, 0.15) is 11.5 Å². The first-order chi connectivity index (χ1) is 9.06. The Morgan fingerprint density at radius 3 is 2.37 bits per heavy atom. The van der Waals surface area contributed by atoms with Gasteiger partial charge in [0.25, 0.3) is 0 Å². The quantitative estimate of drug-likeness (QED) is 0.591. The van der Waals surface area contributed by atoms with Gasteiger partial charge in [0.2, 0.25) is 0 Å². The van der Waals surface area contributed by atoms with Crippen molar-refractivity contribution in [1.29, 1.82) is 0 Å².